The summed E-state index contributed by atoms with van der Waals surface area (Å²) in [7, 11) is 0. The van der Waals surface area contributed by atoms with Crippen molar-refractivity contribution < 1.29 is 18.9 Å². The van der Waals surface area contributed by atoms with Gasteiger partial charge in [-0.1, -0.05) is 13.8 Å². The van der Waals surface area contributed by atoms with E-state index in [9.17, 15) is 10.5 Å². The van der Waals surface area contributed by atoms with Crippen molar-refractivity contribution >= 4 is 27.7 Å². The molecule has 0 fully saturated rings. The molecule has 10 nitrogen and oxygen atoms in total. The summed E-state index contributed by atoms with van der Waals surface area (Å²) in [5.74, 6) is 0. The van der Waals surface area contributed by atoms with E-state index >= 15 is 0 Å². The quantitative estimate of drug-likeness (QED) is 0.134. The minimum absolute atomic E-state index is 0.405. The normalized spacial score (nSPS) is 11.3. The van der Waals surface area contributed by atoms with Crippen LogP contribution in [0.4, 0.5) is 16.4 Å². The van der Waals surface area contributed by atoms with E-state index in [0.717, 1.165) is 56.3 Å². The first-order valence-electron chi connectivity index (χ1n) is 14.2. The molecule has 41 heavy (non-hydrogen) atoms. The van der Waals surface area contributed by atoms with Crippen molar-refractivity contribution in [2.75, 3.05) is 90.5 Å². The average Bonchev–Trinajstić information content (AvgIpc) is 3.30. The third-order valence-corrected chi connectivity index (χ3v) is 7.67. The summed E-state index contributed by atoms with van der Waals surface area (Å²) in [6, 6.07) is 10.2. The van der Waals surface area contributed by atoms with Crippen molar-refractivity contribution in [1.82, 2.24) is 4.90 Å². The fraction of sp³-hybridized carbons (Fsp3) is 0.600. The Morgan fingerprint density at radius 2 is 1.34 bits per heavy atom. The van der Waals surface area contributed by atoms with Crippen molar-refractivity contribution in [3.63, 3.8) is 0 Å². The van der Waals surface area contributed by atoms with E-state index in [0.29, 0.717) is 67.3 Å². The SMILES string of the molecule is CCN(CC)CCOCCOCCOCCOCCN(CC)c1ccc(N=Nc2sc(C#N)c(C)c2C#N)c(C)c1. The number of anilines is 1. The van der Waals surface area contributed by atoms with Crippen molar-refractivity contribution in [3.05, 3.63) is 39.8 Å². The van der Waals surface area contributed by atoms with Gasteiger partial charge >= 0.3 is 0 Å². The molecule has 0 N–H and O–H groups in total. The Kier molecular flexibility index (Phi) is 16.8. The maximum atomic E-state index is 9.41. The molecule has 0 unspecified atom stereocenters. The molecule has 2 rings (SSSR count). The van der Waals surface area contributed by atoms with Crippen LogP contribution in [0.2, 0.25) is 0 Å². The Hall–Kier alpha value is -2.90. The van der Waals surface area contributed by atoms with Crippen LogP contribution in [0.1, 0.15) is 42.3 Å². The van der Waals surface area contributed by atoms with Crippen molar-refractivity contribution in [1.29, 1.82) is 10.5 Å². The largest absolute Gasteiger partial charge is 0.378 e. The second kappa shape index (κ2) is 20.1. The Bertz CT molecular complexity index is 1150. The van der Waals surface area contributed by atoms with Gasteiger partial charge in [0.1, 0.15) is 17.0 Å². The van der Waals surface area contributed by atoms with Gasteiger partial charge in [-0.15, -0.1) is 21.6 Å². The third kappa shape index (κ3) is 11.9. The van der Waals surface area contributed by atoms with Crippen LogP contribution in [0.3, 0.4) is 0 Å². The molecule has 0 aliphatic heterocycles. The highest BCUT2D eigenvalue weighted by molar-refractivity contribution is 7.16. The van der Waals surface area contributed by atoms with E-state index in [-0.39, 0.29) is 0 Å². The zero-order valence-electron chi connectivity index (χ0n) is 25.1. The number of likely N-dealkylation sites (N-methyl/N-ethyl adjacent to an activating group) is 2. The molecule has 224 valence electrons. The monoisotopic (exact) mass is 584 g/mol. The Balaban J connectivity index is 1.63. The lowest BCUT2D eigenvalue weighted by Crippen LogP contribution is -2.27. The number of benzene rings is 1. The molecular formula is C30H44N6O4S. The number of thiophene rings is 1. The maximum Gasteiger partial charge on any atom is 0.158 e. The second-order valence-corrected chi connectivity index (χ2v) is 10.2. The van der Waals surface area contributed by atoms with E-state index in [1.807, 2.05) is 19.1 Å². The fourth-order valence-corrected chi connectivity index (χ4v) is 4.87. The van der Waals surface area contributed by atoms with E-state index in [4.69, 9.17) is 18.9 Å². The molecule has 0 aliphatic carbocycles. The molecule has 0 atom stereocenters. The van der Waals surface area contributed by atoms with Gasteiger partial charge in [0.25, 0.3) is 0 Å². The average molecular weight is 585 g/mol. The van der Waals surface area contributed by atoms with Crippen LogP contribution in [-0.2, 0) is 18.9 Å². The number of azo groups is 1. The van der Waals surface area contributed by atoms with Crippen LogP contribution in [-0.4, -0.2) is 90.5 Å². The number of hydrogen-bond donors (Lipinski definition) is 0. The number of nitrogens with zero attached hydrogens (tertiary/aromatic N) is 6. The van der Waals surface area contributed by atoms with Crippen LogP contribution < -0.4 is 4.90 Å². The summed E-state index contributed by atoms with van der Waals surface area (Å²) in [6.07, 6.45) is 0. The first-order valence-corrected chi connectivity index (χ1v) is 15.0. The van der Waals surface area contributed by atoms with Gasteiger partial charge in [-0.2, -0.15) is 10.5 Å². The second-order valence-electron chi connectivity index (χ2n) is 9.19. The van der Waals surface area contributed by atoms with Crippen molar-refractivity contribution in [3.8, 4) is 12.1 Å². The summed E-state index contributed by atoms with van der Waals surface area (Å²) >= 11 is 1.18. The smallest absolute Gasteiger partial charge is 0.158 e. The molecule has 0 radical (unpaired) electrons. The molecule has 0 bridgehead atoms. The lowest BCUT2D eigenvalue weighted by molar-refractivity contribution is -0.00299. The molecule has 0 amide bonds. The topological polar surface area (TPSA) is 116 Å². The lowest BCUT2D eigenvalue weighted by atomic mass is 10.1. The Morgan fingerprint density at radius 3 is 1.85 bits per heavy atom. The van der Waals surface area contributed by atoms with E-state index in [1.165, 1.54) is 11.3 Å². The highest BCUT2D eigenvalue weighted by Crippen LogP contribution is 2.36. The van der Waals surface area contributed by atoms with Gasteiger partial charge in [0, 0.05) is 25.3 Å². The predicted octanol–water partition coefficient (Wildman–Crippen LogP) is 5.76. The van der Waals surface area contributed by atoms with Crippen LogP contribution >= 0.6 is 11.3 Å². The van der Waals surface area contributed by atoms with Gasteiger partial charge in [0.15, 0.2) is 5.00 Å². The number of aryl methyl sites for hydroxylation is 1. The first kappa shape index (κ1) is 34.3. The molecule has 1 aromatic carbocycles. The van der Waals surface area contributed by atoms with E-state index in [2.05, 4.69) is 59.0 Å². The summed E-state index contributed by atoms with van der Waals surface area (Å²) < 4.78 is 22.5. The predicted molar refractivity (Wildman–Crippen MR) is 163 cm³/mol. The summed E-state index contributed by atoms with van der Waals surface area (Å²) in [4.78, 5) is 5.06. The summed E-state index contributed by atoms with van der Waals surface area (Å²) in [5.41, 5.74) is 3.83. The third-order valence-electron chi connectivity index (χ3n) is 6.59. The molecule has 1 aromatic heterocycles. The first-order chi connectivity index (χ1) is 20.0. The van der Waals surface area contributed by atoms with Crippen LogP contribution in [0, 0.1) is 36.5 Å². The van der Waals surface area contributed by atoms with Crippen molar-refractivity contribution in [2.45, 2.75) is 34.6 Å². The molecule has 0 spiro atoms. The van der Waals surface area contributed by atoms with E-state index < -0.39 is 0 Å². The fourth-order valence-electron chi connectivity index (χ4n) is 3.99. The van der Waals surface area contributed by atoms with Crippen LogP contribution in [0.25, 0.3) is 0 Å². The highest BCUT2D eigenvalue weighted by Gasteiger charge is 2.14. The van der Waals surface area contributed by atoms with Gasteiger partial charge in [-0.05, 0) is 63.2 Å². The van der Waals surface area contributed by atoms with Gasteiger partial charge in [-0.25, -0.2) is 0 Å². The highest BCUT2D eigenvalue weighted by atomic mass is 32.1. The standard InChI is InChI=1S/C30H44N6O4S/c1-6-35(7-2)11-13-37-15-17-39-19-20-40-18-16-38-14-12-36(8-3)26-9-10-28(24(4)21-26)33-34-30-27(22-31)25(5)29(23-32)41-30/h9-10,21H,6-8,11-20H2,1-5H3. The number of rotatable bonds is 21. The zero-order valence-corrected chi connectivity index (χ0v) is 26.0. The molecule has 0 aliphatic rings. The Labute approximate surface area is 249 Å². The molecular weight excluding hydrogens is 540 g/mol. The Morgan fingerprint density at radius 1 is 0.756 bits per heavy atom. The molecule has 11 heteroatoms. The van der Waals surface area contributed by atoms with Crippen LogP contribution in [0.15, 0.2) is 28.4 Å². The number of ether oxygens (including phenoxy) is 4. The summed E-state index contributed by atoms with van der Waals surface area (Å²) in [6.45, 7) is 19.5. The van der Waals surface area contributed by atoms with Gasteiger partial charge in [0.05, 0.1) is 64.1 Å². The van der Waals surface area contributed by atoms with Gasteiger partial charge in [0.2, 0.25) is 0 Å². The van der Waals surface area contributed by atoms with Gasteiger partial charge < -0.3 is 28.7 Å². The minimum Gasteiger partial charge on any atom is -0.378 e. The summed E-state index contributed by atoms with van der Waals surface area (Å²) in [5, 5.41) is 27.7. The molecule has 0 saturated carbocycles. The molecule has 2 aromatic rings. The number of nitriles is 2. The van der Waals surface area contributed by atoms with Crippen LogP contribution in [0.5, 0.6) is 0 Å². The number of hydrogen-bond acceptors (Lipinski definition) is 11. The minimum atomic E-state index is 0.405. The van der Waals surface area contributed by atoms with Crippen molar-refractivity contribution in [2.24, 2.45) is 10.2 Å². The lowest BCUT2D eigenvalue weighted by Gasteiger charge is -2.23. The van der Waals surface area contributed by atoms with Gasteiger partial charge in [-0.3, -0.25) is 0 Å². The van der Waals surface area contributed by atoms with E-state index in [1.54, 1.807) is 6.92 Å². The molecule has 0 saturated heterocycles. The maximum absolute atomic E-state index is 9.41. The molecule has 1 heterocycles. The zero-order chi connectivity index (χ0) is 29.9.